The summed E-state index contributed by atoms with van der Waals surface area (Å²) in [5, 5.41) is 5.90. The van der Waals surface area contributed by atoms with E-state index in [-0.39, 0.29) is 11.5 Å². The Balaban J connectivity index is 1.90. The van der Waals surface area contributed by atoms with Gasteiger partial charge in [-0.15, -0.1) is 0 Å². The highest BCUT2D eigenvalue weighted by molar-refractivity contribution is 5.81. The third-order valence-corrected chi connectivity index (χ3v) is 3.73. The first-order valence-electron chi connectivity index (χ1n) is 7.83. The normalized spacial score (nSPS) is 10.4. The molecule has 0 unspecified atom stereocenters. The number of anilines is 5. The molecule has 0 atom stereocenters. The van der Waals surface area contributed by atoms with Crippen molar-refractivity contribution in [2.24, 2.45) is 0 Å². The molecule has 3 rings (SSSR count). The molecule has 0 radical (unpaired) electrons. The molecule has 0 aliphatic heterocycles. The molecule has 27 heavy (non-hydrogen) atoms. The van der Waals surface area contributed by atoms with Gasteiger partial charge in [0.05, 0.1) is 19.9 Å². The molecule has 1 aromatic heterocycles. The van der Waals surface area contributed by atoms with Crippen LogP contribution in [0.2, 0.25) is 0 Å². The van der Waals surface area contributed by atoms with Crippen LogP contribution in [0.3, 0.4) is 0 Å². The Morgan fingerprint density at radius 2 is 1.63 bits per heavy atom. The van der Waals surface area contributed by atoms with Crippen molar-refractivity contribution in [2.45, 2.75) is 0 Å². The minimum atomic E-state index is -0.980. The second-order valence-electron chi connectivity index (χ2n) is 5.43. The van der Waals surface area contributed by atoms with E-state index in [0.29, 0.717) is 28.7 Å². The van der Waals surface area contributed by atoms with Gasteiger partial charge in [0.2, 0.25) is 0 Å². The summed E-state index contributed by atoms with van der Waals surface area (Å²) in [6.45, 7) is 0. The maximum atomic E-state index is 13.4. The van der Waals surface area contributed by atoms with Gasteiger partial charge in [-0.05, 0) is 24.3 Å². The molecule has 9 heteroatoms. The quantitative estimate of drug-likeness (QED) is 0.604. The molecule has 3 aromatic rings. The van der Waals surface area contributed by atoms with Crippen molar-refractivity contribution >= 4 is 28.7 Å². The number of ether oxygens (including phenoxy) is 2. The molecule has 1 heterocycles. The fourth-order valence-corrected chi connectivity index (χ4v) is 2.34. The van der Waals surface area contributed by atoms with E-state index in [4.69, 9.17) is 15.2 Å². The Bertz CT molecular complexity index is 968. The van der Waals surface area contributed by atoms with E-state index in [9.17, 15) is 8.78 Å². The molecular weight excluding hydrogens is 356 g/mol. The Kier molecular flexibility index (Phi) is 5.20. The topological polar surface area (TPSA) is 94.3 Å². The molecule has 0 fully saturated rings. The predicted octanol–water partition coefficient (Wildman–Crippen LogP) is 3.84. The van der Waals surface area contributed by atoms with Crippen molar-refractivity contribution in [3.63, 3.8) is 0 Å². The lowest BCUT2D eigenvalue weighted by Crippen LogP contribution is -2.06. The van der Waals surface area contributed by atoms with Gasteiger partial charge in [-0.1, -0.05) is 0 Å². The average Bonchev–Trinajstić information content (AvgIpc) is 2.67. The van der Waals surface area contributed by atoms with Crippen LogP contribution in [0.5, 0.6) is 11.5 Å². The summed E-state index contributed by atoms with van der Waals surface area (Å²) in [4.78, 5) is 8.17. The first-order chi connectivity index (χ1) is 13.0. The SMILES string of the molecule is COc1ccc(OC)c(Nc2ncnc(Nc3ccc(F)c(F)c3)c2N)c1. The molecule has 7 nitrogen and oxygen atoms in total. The maximum Gasteiger partial charge on any atom is 0.160 e. The maximum absolute atomic E-state index is 13.4. The smallest absolute Gasteiger partial charge is 0.160 e. The summed E-state index contributed by atoms with van der Waals surface area (Å²) in [5.74, 6) is -0.201. The molecular formula is C18H17F2N5O2. The standard InChI is InChI=1S/C18H17F2N5O2/c1-26-11-4-6-15(27-2)14(8-11)25-18-16(21)17(22-9-23-18)24-10-3-5-12(19)13(20)7-10/h3-9H,21H2,1-2H3,(H2,22,23,24,25). The molecule has 0 amide bonds. The fourth-order valence-electron chi connectivity index (χ4n) is 2.34. The highest BCUT2D eigenvalue weighted by atomic mass is 19.2. The number of halogens is 2. The minimum absolute atomic E-state index is 0.187. The fraction of sp³-hybridized carbons (Fsp3) is 0.111. The molecule has 0 aliphatic carbocycles. The lowest BCUT2D eigenvalue weighted by atomic mass is 10.2. The molecule has 0 spiro atoms. The third-order valence-electron chi connectivity index (χ3n) is 3.73. The number of nitrogen functional groups attached to an aromatic ring is 1. The number of nitrogens with one attached hydrogen (secondary N) is 2. The van der Waals surface area contributed by atoms with Crippen LogP contribution < -0.4 is 25.8 Å². The molecule has 0 bridgehead atoms. The van der Waals surface area contributed by atoms with E-state index < -0.39 is 11.6 Å². The second kappa shape index (κ2) is 7.73. The van der Waals surface area contributed by atoms with Crippen LogP contribution in [0.1, 0.15) is 0 Å². The second-order valence-corrected chi connectivity index (χ2v) is 5.43. The summed E-state index contributed by atoms with van der Waals surface area (Å²) >= 11 is 0. The summed E-state index contributed by atoms with van der Waals surface area (Å²) in [6, 6.07) is 8.60. The zero-order chi connectivity index (χ0) is 19.4. The van der Waals surface area contributed by atoms with E-state index in [2.05, 4.69) is 20.6 Å². The van der Waals surface area contributed by atoms with Crippen molar-refractivity contribution in [2.75, 3.05) is 30.6 Å². The number of nitrogens with zero attached hydrogens (tertiary/aromatic N) is 2. The van der Waals surface area contributed by atoms with Crippen LogP contribution in [0.25, 0.3) is 0 Å². The van der Waals surface area contributed by atoms with Crippen molar-refractivity contribution in [3.8, 4) is 11.5 Å². The number of hydrogen-bond donors (Lipinski definition) is 3. The summed E-state index contributed by atoms with van der Waals surface area (Å²) in [6.07, 6.45) is 1.29. The molecule has 2 aromatic carbocycles. The largest absolute Gasteiger partial charge is 0.497 e. The number of nitrogens with two attached hydrogens (primary N) is 1. The van der Waals surface area contributed by atoms with Gasteiger partial charge in [0, 0.05) is 17.8 Å². The van der Waals surface area contributed by atoms with Crippen LogP contribution in [0.15, 0.2) is 42.7 Å². The first kappa shape index (κ1) is 18.2. The first-order valence-corrected chi connectivity index (χ1v) is 7.83. The number of aromatic nitrogens is 2. The number of hydrogen-bond acceptors (Lipinski definition) is 7. The van der Waals surface area contributed by atoms with E-state index >= 15 is 0 Å². The number of benzene rings is 2. The zero-order valence-electron chi connectivity index (χ0n) is 14.6. The van der Waals surface area contributed by atoms with Gasteiger partial charge in [-0.3, -0.25) is 0 Å². The molecule has 0 saturated carbocycles. The summed E-state index contributed by atoms with van der Waals surface area (Å²) in [5.41, 5.74) is 7.19. The Hall–Kier alpha value is -3.62. The van der Waals surface area contributed by atoms with Crippen molar-refractivity contribution in [3.05, 3.63) is 54.4 Å². The lowest BCUT2D eigenvalue weighted by Gasteiger charge is -2.15. The van der Waals surface area contributed by atoms with Crippen LogP contribution in [0.4, 0.5) is 37.5 Å². The Morgan fingerprint density at radius 1 is 0.889 bits per heavy atom. The van der Waals surface area contributed by atoms with Crippen LogP contribution in [0, 0.1) is 11.6 Å². The monoisotopic (exact) mass is 373 g/mol. The summed E-state index contributed by atoms with van der Waals surface area (Å²) < 4.78 is 37.0. The molecule has 0 saturated heterocycles. The average molecular weight is 373 g/mol. The zero-order valence-corrected chi connectivity index (χ0v) is 14.6. The van der Waals surface area contributed by atoms with Gasteiger partial charge in [-0.25, -0.2) is 18.7 Å². The van der Waals surface area contributed by atoms with E-state index in [0.717, 1.165) is 12.1 Å². The summed E-state index contributed by atoms with van der Waals surface area (Å²) in [7, 11) is 3.08. The lowest BCUT2D eigenvalue weighted by molar-refractivity contribution is 0.405. The van der Waals surface area contributed by atoms with Crippen molar-refractivity contribution < 1.29 is 18.3 Å². The number of methoxy groups -OCH3 is 2. The molecule has 0 aliphatic rings. The van der Waals surface area contributed by atoms with Crippen molar-refractivity contribution in [1.82, 2.24) is 9.97 Å². The van der Waals surface area contributed by atoms with Gasteiger partial charge in [0.25, 0.3) is 0 Å². The van der Waals surface area contributed by atoms with E-state index in [1.807, 2.05) is 0 Å². The van der Waals surface area contributed by atoms with Gasteiger partial charge in [0.15, 0.2) is 23.3 Å². The number of rotatable bonds is 6. The van der Waals surface area contributed by atoms with E-state index in [1.165, 1.54) is 19.5 Å². The van der Waals surface area contributed by atoms with Crippen LogP contribution >= 0.6 is 0 Å². The van der Waals surface area contributed by atoms with Crippen LogP contribution in [-0.4, -0.2) is 24.2 Å². The van der Waals surface area contributed by atoms with Crippen molar-refractivity contribution in [1.29, 1.82) is 0 Å². The van der Waals surface area contributed by atoms with Gasteiger partial charge >= 0.3 is 0 Å². The third kappa shape index (κ3) is 3.97. The Labute approximate surface area is 154 Å². The molecule has 4 N–H and O–H groups in total. The minimum Gasteiger partial charge on any atom is -0.497 e. The highest BCUT2D eigenvalue weighted by Gasteiger charge is 2.13. The van der Waals surface area contributed by atoms with Gasteiger partial charge < -0.3 is 25.8 Å². The van der Waals surface area contributed by atoms with Crippen LogP contribution in [-0.2, 0) is 0 Å². The molecule has 140 valence electrons. The van der Waals surface area contributed by atoms with Gasteiger partial charge in [0.1, 0.15) is 23.5 Å². The highest BCUT2D eigenvalue weighted by Crippen LogP contribution is 2.34. The predicted molar refractivity (Wildman–Crippen MR) is 98.9 cm³/mol. The Morgan fingerprint density at radius 3 is 2.30 bits per heavy atom. The van der Waals surface area contributed by atoms with Gasteiger partial charge in [-0.2, -0.15) is 0 Å². The van der Waals surface area contributed by atoms with E-state index in [1.54, 1.807) is 25.3 Å².